The summed E-state index contributed by atoms with van der Waals surface area (Å²) in [6, 6.07) is 0. The maximum absolute atomic E-state index is 12.0. The van der Waals surface area contributed by atoms with Crippen molar-refractivity contribution in [3.63, 3.8) is 0 Å². The number of nitrogens with one attached hydrogen (secondary N) is 2. The number of hydrogen-bond acceptors (Lipinski definition) is 4. The molecule has 0 aromatic carbocycles. The monoisotopic (exact) mass is 270 g/mol. The molecule has 1 aliphatic heterocycles. The van der Waals surface area contributed by atoms with E-state index in [4.69, 9.17) is 11.6 Å². The molecule has 1 saturated heterocycles. The van der Waals surface area contributed by atoms with Gasteiger partial charge in [0.25, 0.3) is 5.56 Å². The van der Waals surface area contributed by atoms with E-state index in [2.05, 4.69) is 22.7 Å². The maximum Gasteiger partial charge on any atom is 0.287 e. The second kappa shape index (κ2) is 5.28. The molecule has 1 aromatic heterocycles. The topological polar surface area (TPSA) is 59.0 Å². The zero-order chi connectivity index (χ0) is 13.2. The Labute approximate surface area is 112 Å². The van der Waals surface area contributed by atoms with Gasteiger partial charge < -0.3 is 10.6 Å². The predicted molar refractivity (Wildman–Crippen MR) is 73.3 cm³/mol. The molecule has 2 N–H and O–H groups in total. The Bertz CT molecular complexity index is 479. The summed E-state index contributed by atoms with van der Waals surface area (Å²) in [7, 11) is 0. The first-order valence-electron chi connectivity index (χ1n) is 6.30. The minimum atomic E-state index is -0.224. The molecule has 18 heavy (non-hydrogen) atoms. The molecule has 1 aromatic rings. The number of halogens is 1. The van der Waals surface area contributed by atoms with E-state index >= 15 is 0 Å². The molecule has 1 fully saturated rings. The first kappa shape index (κ1) is 13.4. The Balaban J connectivity index is 2.24. The fourth-order valence-corrected chi connectivity index (χ4v) is 2.37. The zero-order valence-electron chi connectivity index (χ0n) is 10.8. The van der Waals surface area contributed by atoms with Crippen LogP contribution >= 0.6 is 11.6 Å². The highest BCUT2D eigenvalue weighted by atomic mass is 35.5. The van der Waals surface area contributed by atoms with Crippen molar-refractivity contribution in [2.45, 2.75) is 38.8 Å². The summed E-state index contributed by atoms with van der Waals surface area (Å²) in [6.45, 7) is 6.54. The van der Waals surface area contributed by atoms with E-state index in [0.29, 0.717) is 12.2 Å². The van der Waals surface area contributed by atoms with Gasteiger partial charge in [-0.3, -0.25) is 4.79 Å². The lowest BCUT2D eigenvalue weighted by Gasteiger charge is -2.26. The summed E-state index contributed by atoms with van der Waals surface area (Å²) < 4.78 is 1.41. The lowest BCUT2D eigenvalue weighted by Crippen LogP contribution is -2.38. The number of nitrogens with zero attached hydrogens (tertiary/aromatic N) is 2. The van der Waals surface area contributed by atoms with Crippen molar-refractivity contribution in [3.8, 4) is 0 Å². The molecule has 0 bridgehead atoms. The summed E-state index contributed by atoms with van der Waals surface area (Å²) in [5.41, 5.74) is 0.340. The van der Waals surface area contributed by atoms with Gasteiger partial charge in [-0.25, -0.2) is 4.68 Å². The Morgan fingerprint density at radius 1 is 1.67 bits per heavy atom. The standard InChI is InChI=1S/C12H19ClN4O/c1-3-6-17-11(18)10(13)9(7-15-17)16-12(2)4-5-14-8-12/h7,14,16H,3-6,8H2,1-2H3. The first-order chi connectivity index (χ1) is 8.56. The number of hydrogen-bond donors (Lipinski definition) is 2. The highest BCUT2D eigenvalue weighted by Gasteiger charge is 2.29. The van der Waals surface area contributed by atoms with Crippen LogP contribution in [0.1, 0.15) is 26.7 Å². The van der Waals surface area contributed by atoms with E-state index in [9.17, 15) is 4.79 Å². The van der Waals surface area contributed by atoms with E-state index in [1.807, 2.05) is 6.92 Å². The van der Waals surface area contributed by atoms with Crippen LogP contribution in [0.25, 0.3) is 0 Å². The SMILES string of the molecule is CCCn1ncc(NC2(C)CCNC2)c(Cl)c1=O. The highest BCUT2D eigenvalue weighted by molar-refractivity contribution is 6.32. The first-order valence-corrected chi connectivity index (χ1v) is 6.68. The third-order valence-corrected chi connectivity index (χ3v) is 3.59. The molecule has 2 rings (SSSR count). The largest absolute Gasteiger partial charge is 0.376 e. The second-order valence-corrected chi connectivity index (χ2v) is 5.39. The van der Waals surface area contributed by atoms with E-state index in [-0.39, 0.29) is 16.1 Å². The van der Waals surface area contributed by atoms with Crippen LogP contribution in [0.2, 0.25) is 5.02 Å². The van der Waals surface area contributed by atoms with Gasteiger partial charge in [-0.2, -0.15) is 5.10 Å². The van der Waals surface area contributed by atoms with Crippen LogP contribution in [0.3, 0.4) is 0 Å². The van der Waals surface area contributed by atoms with E-state index in [1.54, 1.807) is 6.20 Å². The van der Waals surface area contributed by atoms with Gasteiger partial charge in [0.05, 0.1) is 11.9 Å². The number of rotatable bonds is 4. The maximum atomic E-state index is 12.0. The Hall–Kier alpha value is -1.07. The zero-order valence-corrected chi connectivity index (χ0v) is 11.5. The van der Waals surface area contributed by atoms with Gasteiger partial charge in [0.2, 0.25) is 0 Å². The fraction of sp³-hybridized carbons (Fsp3) is 0.667. The Morgan fingerprint density at radius 3 is 3.06 bits per heavy atom. The summed E-state index contributed by atoms with van der Waals surface area (Å²) in [5.74, 6) is 0. The quantitative estimate of drug-likeness (QED) is 0.870. The van der Waals surface area contributed by atoms with Crippen molar-refractivity contribution in [2.24, 2.45) is 0 Å². The molecule has 1 aliphatic rings. The van der Waals surface area contributed by atoms with Crippen molar-refractivity contribution in [2.75, 3.05) is 18.4 Å². The van der Waals surface area contributed by atoms with Gasteiger partial charge >= 0.3 is 0 Å². The van der Waals surface area contributed by atoms with Gasteiger partial charge in [-0.1, -0.05) is 18.5 Å². The summed E-state index contributed by atoms with van der Waals surface area (Å²) in [6.07, 6.45) is 3.50. The van der Waals surface area contributed by atoms with Crippen LogP contribution in [0, 0.1) is 0 Å². The molecule has 0 aliphatic carbocycles. The number of anilines is 1. The molecular weight excluding hydrogens is 252 g/mol. The third-order valence-electron chi connectivity index (χ3n) is 3.23. The smallest absolute Gasteiger partial charge is 0.287 e. The van der Waals surface area contributed by atoms with Crippen molar-refractivity contribution in [1.29, 1.82) is 0 Å². The molecule has 100 valence electrons. The minimum Gasteiger partial charge on any atom is -0.376 e. The number of aryl methyl sites for hydroxylation is 1. The normalized spacial score (nSPS) is 23.3. The molecule has 6 heteroatoms. The lowest BCUT2D eigenvalue weighted by molar-refractivity contribution is 0.553. The van der Waals surface area contributed by atoms with Crippen LogP contribution in [-0.4, -0.2) is 28.4 Å². The molecule has 0 saturated carbocycles. The molecule has 0 radical (unpaired) electrons. The molecule has 2 heterocycles. The van der Waals surface area contributed by atoms with Crippen LogP contribution in [-0.2, 0) is 6.54 Å². The molecule has 1 unspecified atom stereocenters. The van der Waals surface area contributed by atoms with Gasteiger partial charge in [0.15, 0.2) is 0 Å². The Kier molecular flexibility index (Phi) is 3.92. The average Bonchev–Trinajstić information content (AvgIpc) is 2.76. The van der Waals surface area contributed by atoms with Crippen molar-refractivity contribution < 1.29 is 0 Å². The average molecular weight is 271 g/mol. The molecular formula is C12H19ClN4O. The molecule has 1 atom stereocenters. The van der Waals surface area contributed by atoms with Crippen molar-refractivity contribution in [1.82, 2.24) is 15.1 Å². The van der Waals surface area contributed by atoms with Gasteiger partial charge in [0, 0.05) is 18.6 Å². The highest BCUT2D eigenvalue weighted by Crippen LogP contribution is 2.24. The fourth-order valence-electron chi connectivity index (χ4n) is 2.17. The van der Waals surface area contributed by atoms with Gasteiger partial charge in [-0.15, -0.1) is 0 Å². The van der Waals surface area contributed by atoms with Crippen LogP contribution in [0.15, 0.2) is 11.0 Å². The lowest BCUT2D eigenvalue weighted by atomic mass is 10.0. The van der Waals surface area contributed by atoms with Gasteiger partial charge in [-0.05, 0) is 26.3 Å². The van der Waals surface area contributed by atoms with Crippen LogP contribution < -0.4 is 16.2 Å². The van der Waals surface area contributed by atoms with E-state index < -0.39 is 0 Å². The number of aromatic nitrogens is 2. The van der Waals surface area contributed by atoms with Crippen LogP contribution in [0.5, 0.6) is 0 Å². The van der Waals surface area contributed by atoms with Crippen molar-refractivity contribution in [3.05, 3.63) is 21.6 Å². The Morgan fingerprint density at radius 2 is 2.44 bits per heavy atom. The second-order valence-electron chi connectivity index (χ2n) is 5.01. The van der Waals surface area contributed by atoms with E-state index in [0.717, 1.165) is 25.9 Å². The van der Waals surface area contributed by atoms with Crippen molar-refractivity contribution >= 4 is 17.3 Å². The molecule has 0 amide bonds. The van der Waals surface area contributed by atoms with Gasteiger partial charge in [0.1, 0.15) is 5.02 Å². The van der Waals surface area contributed by atoms with E-state index in [1.165, 1.54) is 4.68 Å². The summed E-state index contributed by atoms with van der Waals surface area (Å²) in [5, 5.41) is 11.0. The van der Waals surface area contributed by atoms with Crippen LogP contribution in [0.4, 0.5) is 5.69 Å². The predicted octanol–water partition coefficient (Wildman–Crippen LogP) is 1.47. The molecule has 0 spiro atoms. The third kappa shape index (κ3) is 2.67. The summed E-state index contributed by atoms with van der Waals surface area (Å²) >= 11 is 6.12. The minimum absolute atomic E-state index is 0.0608. The summed E-state index contributed by atoms with van der Waals surface area (Å²) in [4.78, 5) is 12.0. The molecule has 5 nitrogen and oxygen atoms in total.